The van der Waals surface area contributed by atoms with Crippen LogP contribution in [0.3, 0.4) is 0 Å². The van der Waals surface area contributed by atoms with E-state index in [9.17, 15) is 5.11 Å². The zero-order chi connectivity index (χ0) is 13.8. The van der Waals surface area contributed by atoms with Crippen LogP contribution in [0.4, 0.5) is 0 Å². The van der Waals surface area contributed by atoms with Crippen LogP contribution in [0.15, 0.2) is 18.2 Å². The van der Waals surface area contributed by atoms with Crippen LogP contribution >= 0.6 is 0 Å². The Morgan fingerprint density at radius 1 is 1.26 bits per heavy atom. The Morgan fingerprint density at radius 2 is 2.05 bits per heavy atom. The number of hydrogen-bond donors (Lipinski definition) is 2. The number of hydrogen-bond acceptors (Lipinski definition) is 3. The van der Waals surface area contributed by atoms with Gasteiger partial charge in [0.1, 0.15) is 12.4 Å². The molecule has 106 valence electrons. The first-order chi connectivity index (χ1) is 9.08. The molecule has 0 saturated carbocycles. The van der Waals surface area contributed by atoms with Crippen molar-refractivity contribution in [1.29, 1.82) is 0 Å². The normalized spacial score (nSPS) is 17.3. The molecule has 1 aromatic carbocycles. The zero-order valence-corrected chi connectivity index (χ0v) is 12.1. The Labute approximate surface area is 116 Å². The van der Waals surface area contributed by atoms with Crippen molar-refractivity contribution in [2.75, 3.05) is 6.61 Å². The van der Waals surface area contributed by atoms with Gasteiger partial charge in [-0.2, -0.15) is 0 Å². The molecule has 2 atom stereocenters. The smallest absolute Gasteiger partial charge is 0.122 e. The quantitative estimate of drug-likeness (QED) is 0.827. The van der Waals surface area contributed by atoms with Crippen molar-refractivity contribution in [1.82, 2.24) is 5.32 Å². The van der Waals surface area contributed by atoms with Gasteiger partial charge in [-0.25, -0.2) is 0 Å². The number of nitrogens with one attached hydrogen (secondary N) is 1. The third-order valence-electron chi connectivity index (χ3n) is 3.65. The highest BCUT2D eigenvalue weighted by atomic mass is 16.5. The molecule has 0 aromatic heterocycles. The molecule has 0 heterocycles. The van der Waals surface area contributed by atoms with Gasteiger partial charge in [-0.15, -0.1) is 0 Å². The Hall–Kier alpha value is -1.06. The van der Waals surface area contributed by atoms with Crippen LogP contribution in [0.1, 0.15) is 38.3 Å². The molecule has 0 aliphatic heterocycles. The first-order valence-corrected chi connectivity index (χ1v) is 7.25. The van der Waals surface area contributed by atoms with Crippen molar-refractivity contribution >= 4 is 0 Å². The second-order valence-corrected chi connectivity index (χ2v) is 5.73. The van der Waals surface area contributed by atoms with Gasteiger partial charge in [0.2, 0.25) is 0 Å². The Balaban J connectivity index is 1.99. The molecule has 3 nitrogen and oxygen atoms in total. The minimum absolute atomic E-state index is 0.0303. The third kappa shape index (κ3) is 3.71. The van der Waals surface area contributed by atoms with Gasteiger partial charge in [0, 0.05) is 6.04 Å². The van der Waals surface area contributed by atoms with Crippen molar-refractivity contribution < 1.29 is 9.84 Å². The van der Waals surface area contributed by atoms with Gasteiger partial charge >= 0.3 is 0 Å². The van der Waals surface area contributed by atoms with E-state index in [2.05, 4.69) is 31.3 Å². The molecule has 3 heteroatoms. The van der Waals surface area contributed by atoms with E-state index in [1.165, 1.54) is 17.5 Å². The fourth-order valence-electron chi connectivity index (χ4n) is 2.65. The van der Waals surface area contributed by atoms with Gasteiger partial charge in [0.25, 0.3) is 0 Å². The van der Waals surface area contributed by atoms with E-state index < -0.39 is 6.10 Å². The molecule has 0 fully saturated rings. The van der Waals surface area contributed by atoms with Crippen LogP contribution in [0, 0.1) is 0 Å². The minimum atomic E-state index is -0.417. The van der Waals surface area contributed by atoms with Crippen molar-refractivity contribution in [3.63, 3.8) is 0 Å². The molecule has 0 amide bonds. The van der Waals surface area contributed by atoms with E-state index >= 15 is 0 Å². The molecule has 0 bridgehead atoms. The molecule has 0 spiro atoms. The van der Waals surface area contributed by atoms with Crippen LogP contribution < -0.4 is 10.1 Å². The number of ether oxygens (including phenoxy) is 1. The average molecular weight is 263 g/mol. The summed E-state index contributed by atoms with van der Waals surface area (Å²) in [5.74, 6) is 0.992. The number of aliphatic hydroxyl groups is 1. The highest BCUT2D eigenvalue weighted by Crippen LogP contribution is 2.30. The number of rotatable bonds is 6. The molecule has 0 saturated heterocycles. The molecule has 2 N–H and O–H groups in total. The van der Waals surface area contributed by atoms with Crippen LogP contribution in [0.5, 0.6) is 5.75 Å². The van der Waals surface area contributed by atoms with E-state index in [1.54, 1.807) is 6.92 Å². The Bertz CT molecular complexity index is 415. The van der Waals surface area contributed by atoms with Gasteiger partial charge in [-0.3, -0.25) is 0 Å². The summed E-state index contributed by atoms with van der Waals surface area (Å²) in [6.45, 7) is 6.47. The highest BCUT2D eigenvalue weighted by molar-refractivity contribution is 5.43. The van der Waals surface area contributed by atoms with Crippen LogP contribution in [0.2, 0.25) is 0 Å². The summed E-state index contributed by atoms with van der Waals surface area (Å²) in [6.07, 6.45) is 3.08. The van der Waals surface area contributed by atoms with Crippen LogP contribution in [0.25, 0.3) is 0 Å². The third-order valence-corrected chi connectivity index (χ3v) is 3.65. The van der Waals surface area contributed by atoms with E-state index in [0.717, 1.165) is 18.6 Å². The zero-order valence-electron chi connectivity index (χ0n) is 12.1. The minimum Gasteiger partial charge on any atom is -0.492 e. The maximum atomic E-state index is 9.79. The second kappa shape index (κ2) is 6.40. The van der Waals surface area contributed by atoms with E-state index in [1.807, 2.05) is 6.07 Å². The second-order valence-electron chi connectivity index (χ2n) is 5.73. The molecule has 1 aliphatic carbocycles. The summed E-state index contributed by atoms with van der Waals surface area (Å²) >= 11 is 0. The molecule has 0 radical (unpaired) electrons. The summed E-state index contributed by atoms with van der Waals surface area (Å²) < 4.78 is 5.95. The molecule has 2 rings (SSSR count). The molecule has 1 aliphatic rings. The monoisotopic (exact) mass is 263 g/mol. The summed E-state index contributed by atoms with van der Waals surface area (Å²) in [5.41, 5.74) is 2.78. The van der Waals surface area contributed by atoms with Crippen molar-refractivity contribution in [2.24, 2.45) is 0 Å². The van der Waals surface area contributed by atoms with Gasteiger partial charge in [0.15, 0.2) is 0 Å². The fourth-order valence-corrected chi connectivity index (χ4v) is 2.65. The van der Waals surface area contributed by atoms with Gasteiger partial charge < -0.3 is 15.2 Å². The topological polar surface area (TPSA) is 41.5 Å². The molecular weight excluding hydrogens is 238 g/mol. The first kappa shape index (κ1) is 14.4. The van der Waals surface area contributed by atoms with Crippen LogP contribution in [-0.2, 0) is 12.8 Å². The van der Waals surface area contributed by atoms with Crippen molar-refractivity contribution in [2.45, 2.75) is 58.2 Å². The maximum Gasteiger partial charge on any atom is 0.122 e. The molecular formula is C16H25NO2. The highest BCUT2D eigenvalue weighted by Gasteiger charge is 2.19. The number of aryl methyl sites for hydroxylation is 1. The number of aliphatic hydroxyl groups excluding tert-OH is 1. The lowest BCUT2D eigenvalue weighted by molar-refractivity contribution is 0.106. The molecule has 19 heavy (non-hydrogen) atoms. The van der Waals surface area contributed by atoms with Gasteiger partial charge in [-0.1, -0.05) is 26.0 Å². The fraction of sp³-hybridized carbons (Fsp3) is 0.625. The predicted molar refractivity (Wildman–Crippen MR) is 77.7 cm³/mol. The largest absolute Gasteiger partial charge is 0.492 e. The lowest BCUT2D eigenvalue weighted by Gasteiger charge is -2.24. The van der Waals surface area contributed by atoms with E-state index in [-0.39, 0.29) is 6.04 Å². The molecule has 1 aromatic rings. The Morgan fingerprint density at radius 3 is 2.74 bits per heavy atom. The first-order valence-electron chi connectivity index (χ1n) is 7.25. The van der Waals surface area contributed by atoms with Gasteiger partial charge in [-0.05, 0) is 43.4 Å². The van der Waals surface area contributed by atoms with E-state index in [0.29, 0.717) is 12.6 Å². The molecule has 2 unspecified atom stereocenters. The van der Waals surface area contributed by atoms with Crippen molar-refractivity contribution in [3.05, 3.63) is 29.3 Å². The summed E-state index contributed by atoms with van der Waals surface area (Å²) in [4.78, 5) is 0. The summed E-state index contributed by atoms with van der Waals surface area (Å²) in [6, 6.07) is 6.60. The lowest BCUT2D eigenvalue weighted by Crippen LogP contribution is -2.46. The number of fused-ring (bicyclic) bond motifs is 1. The Kier molecular flexibility index (Phi) is 4.83. The maximum absolute atomic E-state index is 9.79. The van der Waals surface area contributed by atoms with Gasteiger partial charge in [0.05, 0.1) is 12.1 Å². The SMILES string of the molecule is CC(C)NC(COc1cccc2c1CCC2)C(C)O. The standard InChI is InChI=1S/C16H25NO2/c1-11(2)17-15(12(3)18)10-19-16-9-5-7-13-6-4-8-14(13)16/h5,7,9,11-12,15,17-18H,4,6,8,10H2,1-3H3. The lowest BCUT2D eigenvalue weighted by atomic mass is 10.1. The van der Waals surface area contributed by atoms with Crippen molar-refractivity contribution in [3.8, 4) is 5.75 Å². The summed E-state index contributed by atoms with van der Waals surface area (Å²) in [5, 5.41) is 13.1. The van der Waals surface area contributed by atoms with Crippen LogP contribution in [-0.4, -0.2) is 29.9 Å². The predicted octanol–water partition coefficient (Wildman–Crippen LogP) is 2.30. The summed E-state index contributed by atoms with van der Waals surface area (Å²) in [7, 11) is 0. The number of benzene rings is 1. The van der Waals surface area contributed by atoms with E-state index in [4.69, 9.17) is 4.74 Å². The average Bonchev–Trinajstić information content (AvgIpc) is 2.82.